The number of hydrogen-bond donors (Lipinski definition) is 2. The van der Waals surface area contributed by atoms with Crippen LogP contribution in [0.5, 0.6) is 0 Å². The number of alkyl halides is 3. The van der Waals surface area contributed by atoms with E-state index in [0.717, 1.165) is 19.1 Å². The average Bonchev–Trinajstić information content (AvgIpc) is 3.00. The summed E-state index contributed by atoms with van der Waals surface area (Å²) in [4.78, 5) is 26.0. The van der Waals surface area contributed by atoms with Crippen molar-refractivity contribution < 1.29 is 27.9 Å². The van der Waals surface area contributed by atoms with Gasteiger partial charge in [0.2, 0.25) is 5.91 Å². The fourth-order valence-corrected chi connectivity index (χ4v) is 4.93. The van der Waals surface area contributed by atoms with Gasteiger partial charge in [-0.15, -0.1) is 0 Å². The highest BCUT2D eigenvalue weighted by atomic mass is 19.4. The second-order valence-electron chi connectivity index (χ2n) is 8.29. The number of nitrogens with zero attached hydrogens (tertiary/aromatic N) is 2. The Balaban J connectivity index is 0.000000260. The molecule has 154 valence electrons. The van der Waals surface area contributed by atoms with Gasteiger partial charge >= 0.3 is 12.1 Å². The van der Waals surface area contributed by atoms with Crippen LogP contribution in [0.3, 0.4) is 0 Å². The van der Waals surface area contributed by atoms with Gasteiger partial charge < -0.3 is 15.3 Å². The standard InChI is InChI=1S/C16H27N3O.C2HF3O2/c1-3-18(4-2)15(20)14-12-7-19(8-13(12)14)11-5-16(6-11)9-17-10-16;3-2(4,5)1(6)7/h11-14,17H,3-10H2,1-2H3;(H,6,7)/t12-,13+,14+;. The third kappa shape index (κ3) is 3.94. The topological polar surface area (TPSA) is 72.9 Å². The van der Waals surface area contributed by atoms with Gasteiger partial charge in [-0.2, -0.15) is 13.2 Å². The third-order valence-electron chi connectivity index (χ3n) is 6.68. The molecule has 2 N–H and O–H groups in total. The number of fused-ring (bicyclic) bond motifs is 1. The largest absolute Gasteiger partial charge is 0.490 e. The molecule has 3 atom stereocenters. The smallest absolute Gasteiger partial charge is 0.475 e. The lowest BCUT2D eigenvalue weighted by Crippen LogP contribution is -2.65. The van der Waals surface area contributed by atoms with Crippen LogP contribution in [-0.2, 0) is 9.59 Å². The van der Waals surface area contributed by atoms with Crippen molar-refractivity contribution in [3.05, 3.63) is 0 Å². The first-order chi connectivity index (χ1) is 12.6. The summed E-state index contributed by atoms with van der Waals surface area (Å²) >= 11 is 0. The second-order valence-corrected chi connectivity index (χ2v) is 8.29. The van der Waals surface area contributed by atoms with Crippen molar-refractivity contribution in [2.24, 2.45) is 23.2 Å². The molecule has 2 aliphatic carbocycles. The second kappa shape index (κ2) is 7.24. The van der Waals surface area contributed by atoms with E-state index in [4.69, 9.17) is 9.90 Å². The Bertz CT molecular complexity index is 570. The van der Waals surface area contributed by atoms with Crippen molar-refractivity contribution in [2.45, 2.75) is 38.9 Å². The Morgan fingerprint density at radius 3 is 1.96 bits per heavy atom. The molecule has 4 fully saturated rings. The van der Waals surface area contributed by atoms with Crippen molar-refractivity contribution in [1.29, 1.82) is 0 Å². The molecule has 6 nitrogen and oxygen atoms in total. The first-order valence-corrected chi connectivity index (χ1v) is 9.65. The molecule has 2 saturated carbocycles. The number of rotatable bonds is 4. The Labute approximate surface area is 157 Å². The maximum Gasteiger partial charge on any atom is 0.490 e. The minimum atomic E-state index is -5.08. The zero-order valence-electron chi connectivity index (χ0n) is 15.8. The zero-order chi connectivity index (χ0) is 20.0. The summed E-state index contributed by atoms with van der Waals surface area (Å²) in [6.07, 6.45) is -2.29. The summed E-state index contributed by atoms with van der Waals surface area (Å²) in [5, 5.41) is 10.5. The number of likely N-dealkylation sites (tertiary alicyclic amines) is 1. The van der Waals surface area contributed by atoms with Crippen LogP contribution < -0.4 is 5.32 Å². The maximum absolute atomic E-state index is 12.4. The lowest BCUT2D eigenvalue weighted by Gasteiger charge is -2.57. The molecular formula is C18H28F3N3O3. The molecule has 0 unspecified atom stereocenters. The van der Waals surface area contributed by atoms with Gasteiger partial charge in [0.25, 0.3) is 0 Å². The molecule has 1 spiro atoms. The lowest BCUT2D eigenvalue weighted by atomic mass is 9.61. The maximum atomic E-state index is 12.4. The van der Waals surface area contributed by atoms with Crippen LogP contribution in [0.15, 0.2) is 0 Å². The number of carbonyl (C=O) groups excluding carboxylic acids is 1. The van der Waals surface area contributed by atoms with E-state index in [-0.39, 0.29) is 0 Å². The lowest BCUT2D eigenvalue weighted by molar-refractivity contribution is -0.192. The number of amides is 1. The third-order valence-corrected chi connectivity index (χ3v) is 6.68. The van der Waals surface area contributed by atoms with Crippen LogP contribution in [0.25, 0.3) is 0 Å². The van der Waals surface area contributed by atoms with Gasteiger partial charge in [0.15, 0.2) is 0 Å². The van der Waals surface area contributed by atoms with E-state index in [9.17, 15) is 18.0 Å². The Morgan fingerprint density at radius 2 is 1.63 bits per heavy atom. The summed E-state index contributed by atoms with van der Waals surface area (Å²) in [6, 6.07) is 0.828. The highest BCUT2D eigenvalue weighted by molar-refractivity contribution is 5.82. The minimum Gasteiger partial charge on any atom is -0.475 e. The number of carbonyl (C=O) groups is 2. The van der Waals surface area contributed by atoms with Gasteiger partial charge in [0.05, 0.1) is 0 Å². The number of aliphatic carboxylic acids is 1. The monoisotopic (exact) mass is 391 g/mol. The van der Waals surface area contributed by atoms with Crippen LogP contribution in [0.1, 0.15) is 26.7 Å². The van der Waals surface area contributed by atoms with E-state index in [1.165, 1.54) is 39.0 Å². The number of carboxylic acids is 1. The SMILES string of the molecule is CCN(CC)C(=O)[C@H]1[C@@H]2CN(C3CC4(CNC4)C3)C[C@@H]21.O=C(O)C(F)(F)F. The van der Waals surface area contributed by atoms with Crippen LogP contribution in [0, 0.1) is 23.2 Å². The molecule has 0 aromatic rings. The number of halogens is 3. The van der Waals surface area contributed by atoms with Crippen LogP contribution in [-0.4, -0.2) is 78.3 Å². The predicted molar refractivity (Wildman–Crippen MR) is 92.0 cm³/mol. The molecule has 4 rings (SSSR count). The summed E-state index contributed by atoms with van der Waals surface area (Å²) < 4.78 is 31.7. The van der Waals surface area contributed by atoms with Crippen molar-refractivity contribution in [2.75, 3.05) is 39.3 Å². The zero-order valence-corrected chi connectivity index (χ0v) is 15.8. The highest BCUT2D eigenvalue weighted by Gasteiger charge is 2.62. The molecule has 1 amide bonds. The first kappa shape index (κ1) is 20.4. The van der Waals surface area contributed by atoms with E-state index in [1.54, 1.807) is 0 Å². The molecule has 2 heterocycles. The molecule has 0 aromatic heterocycles. The van der Waals surface area contributed by atoms with E-state index in [2.05, 4.69) is 24.1 Å². The van der Waals surface area contributed by atoms with Crippen molar-refractivity contribution in [3.63, 3.8) is 0 Å². The van der Waals surface area contributed by atoms with Crippen LogP contribution in [0.2, 0.25) is 0 Å². The summed E-state index contributed by atoms with van der Waals surface area (Å²) in [6.45, 7) is 10.8. The van der Waals surface area contributed by atoms with E-state index in [0.29, 0.717) is 29.1 Å². The fraction of sp³-hybridized carbons (Fsp3) is 0.889. The quantitative estimate of drug-likeness (QED) is 0.758. The van der Waals surface area contributed by atoms with Gasteiger partial charge in [-0.25, -0.2) is 4.79 Å². The Kier molecular flexibility index (Phi) is 5.46. The summed E-state index contributed by atoms with van der Waals surface area (Å²) in [5.74, 6) is -0.602. The Morgan fingerprint density at radius 1 is 1.15 bits per heavy atom. The van der Waals surface area contributed by atoms with Gasteiger partial charge in [-0.1, -0.05) is 0 Å². The minimum absolute atomic E-state index is 0.366. The normalized spacial score (nSPS) is 31.2. The van der Waals surface area contributed by atoms with Crippen LogP contribution >= 0.6 is 0 Å². The molecule has 2 saturated heterocycles. The van der Waals surface area contributed by atoms with Crippen LogP contribution in [0.4, 0.5) is 13.2 Å². The van der Waals surface area contributed by atoms with Gasteiger partial charge in [0.1, 0.15) is 0 Å². The van der Waals surface area contributed by atoms with E-state index < -0.39 is 12.1 Å². The molecule has 9 heteroatoms. The van der Waals surface area contributed by atoms with E-state index >= 15 is 0 Å². The van der Waals surface area contributed by atoms with E-state index in [1.807, 2.05) is 4.90 Å². The average molecular weight is 391 g/mol. The molecule has 0 radical (unpaired) electrons. The number of hydrogen-bond acceptors (Lipinski definition) is 4. The highest BCUT2D eigenvalue weighted by Crippen LogP contribution is 2.56. The van der Waals surface area contributed by atoms with Gasteiger partial charge in [-0.05, 0) is 43.9 Å². The van der Waals surface area contributed by atoms with Gasteiger partial charge in [-0.3, -0.25) is 9.69 Å². The molecule has 2 aliphatic heterocycles. The Hall–Kier alpha value is -1.35. The fourth-order valence-electron chi connectivity index (χ4n) is 4.93. The van der Waals surface area contributed by atoms with Crippen molar-refractivity contribution >= 4 is 11.9 Å². The number of carboxylic acid groups (broad SMARTS) is 1. The number of nitrogens with one attached hydrogen (secondary N) is 1. The molecule has 4 aliphatic rings. The molecule has 0 bridgehead atoms. The molecule has 0 aromatic carbocycles. The van der Waals surface area contributed by atoms with Crippen molar-refractivity contribution in [1.82, 2.24) is 15.1 Å². The molecule has 27 heavy (non-hydrogen) atoms. The van der Waals surface area contributed by atoms with Gasteiger partial charge in [0, 0.05) is 51.2 Å². The summed E-state index contributed by atoms with van der Waals surface area (Å²) in [7, 11) is 0. The van der Waals surface area contributed by atoms with Crippen molar-refractivity contribution in [3.8, 4) is 0 Å². The summed E-state index contributed by atoms with van der Waals surface area (Å²) in [5.41, 5.74) is 0.674. The predicted octanol–water partition coefficient (Wildman–Crippen LogP) is 1.42. The number of piperidine rings is 1. The molecular weight excluding hydrogens is 363 g/mol. The first-order valence-electron chi connectivity index (χ1n) is 9.65.